The van der Waals surface area contributed by atoms with Crippen LogP contribution in [0.1, 0.15) is 40.6 Å². The highest BCUT2D eigenvalue weighted by Crippen LogP contribution is 2.26. The van der Waals surface area contributed by atoms with Crippen molar-refractivity contribution in [2.75, 3.05) is 26.0 Å². The third-order valence-electron chi connectivity index (χ3n) is 3.73. The van der Waals surface area contributed by atoms with Crippen molar-refractivity contribution in [3.05, 3.63) is 46.9 Å². The summed E-state index contributed by atoms with van der Waals surface area (Å²) in [7, 11) is 3.05. The van der Waals surface area contributed by atoms with Gasteiger partial charge in [0.25, 0.3) is 5.91 Å². The lowest BCUT2D eigenvalue weighted by Crippen LogP contribution is -2.28. The first kappa shape index (κ1) is 19.7. The highest BCUT2D eigenvalue weighted by molar-refractivity contribution is 6.33. The summed E-state index contributed by atoms with van der Waals surface area (Å²) in [4.78, 5) is 33.9. The highest BCUT2D eigenvalue weighted by atomic mass is 35.5. The number of methoxy groups -OCH3 is 1. The van der Waals surface area contributed by atoms with Gasteiger partial charge in [-0.15, -0.1) is 0 Å². The van der Waals surface area contributed by atoms with Crippen LogP contribution in [-0.2, 0) is 4.74 Å². The lowest BCUT2D eigenvalue weighted by Gasteiger charge is -2.16. The van der Waals surface area contributed by atoms with Crippen molar-refractivity contribution in [1.82, 2.24) is 14.9 Å². The second-order valence-electron chi connectivity index (χ2n) is 5.68. The van der Waals surface area contributed by atoms with E-state index in [1.165, 1.54) is 13.4 Å². The third kappa shape index (κ3) is 4.92. The number of esters is 1. The maximum absolute atomic E-state index is 12.4. The number of carbonyl (C=O) groups is 2. The molecule has 138 valence electrons. The lowest BCUT2D eigenvalue weighted by atomic mass is 10.2. The molecule has 1 heterocycles. The molecule has 2 aromatic rings. The summed E-state index contributed by atoms with van der Waals surface area (Å²) in [6, 6.07) is 6.26. The van der Waals surface area contributed by atoms with Gasteiger partial charge < -0.3 is 15.0 Å². The molecule has 0 radical (unpaired) electrons. The number of unbranched alkanes of at least 4 members (excludes halogenated alkanes) is 1. The molecule has 2 rings (SSSR count). The molecule has 0 bridgehead atoms. The van der Waals surface area contributed by atoms with E-state index in [-0.39, 0.29) is 11.6 Å². The maximum Gasteiger partial charge on any atom is 0.337 e. The lowest BCUT2D eigenvalue weighted by molar-refractivity contribution is 0.0600. The molecule has 1 amide bonds. The predicted molar refractivity (Wildman–Crippen MR) is 100.0 cm³/mol. The number of nitrogens with zero attached hydrogens (tertiary/aromatic N) is 3. The number of nitrogens with one attached hydrogen (secondary N) is 1. The first-order valence-corrected chi connectivity index (χ1v) is 8.56. The first-order valence-electron chi connectivity index (χ1n) is 8.18. The zero-order chi connectivity index (χ0) is 19.1. The molecule has 26 heavy (non-hydrogen) atoms. The summed E-state index contributed by atoms with van der Waals surface area (Å²) in [5.74, 6) is -0.254. The van der Waals surface area contributed by atoms with Gasteiger partial charge in [0, 0.05) is 19.7 Å². The molecule has 0 saturated carbocycles. The van der Waals surface area contributed by atoms with Crippen LogP contribution in [0.25, 0.3) is 0 Å². The van der Waals surface area contributed by atoms with E-state index in [2.05, 4.69) is 22.2 Å². The number of benzene rings is 1. The molecule has 1 aromatic carbocycles. The summed E-state index contributed by atoms with van der Waals surface area (Å²) in [6.45, 7) is 2.73. The Morgan fingerprint density at radius 1 is 1.27 bits per heavy atom. The van der Waals surface area contributed by atoms with Crippen molar-refractivity contribution in [2.24, 2.45) is 0 Å². The predicted octanol–water partition coefficient (Wildman–Crippen LogP) is 3.53. The van der Waals surface area contributed by atoms with Crippen LogP contribution in [0.2, 0.25) is 5.02 Å². The smallest absolute Gasteiger partial charge is 0.337 e. The largest absolute Gasteiger partial charge is 0.465 e. The number of anilines is 2. The van der Waals surface area contributed by atoms with Gasteiger partial charge in [0.2, 0.25) is 0 Å². The molecular formula is C18H21ClN4O3. The van der Waals surface area contributed by atoms with Crippen molar-refractivity contribution in [1.29, 1.82) is 0 Å². The Balaban J connectivity index is 2.21. The number of aromatic nitrogens is 2. The molecule has 0 fully saturated rings. The molecule has 0 aliphatic heterocycles. The quantitative estimate of drug-likeness (QED) is 0.744. The van der Waals surface area contributed by atoms with Crippen LogP contribution in [-0.4, -0.2) is 47.4 Å². The fraction of sp³-hybridized carbons (Fsp3) is 0.333. The number of ether oxygens (including phenoxy) is 1. The second-order valence-corrected chi connectivity index (χ2v) is 6.09. The van der Waals surface area contributed by atoms with E-state index in [0.717, 1.165) is 12.8 Å². The Hall–Kier alpha value is -2.67. The minimum atomic E-state index is -0.471. The highest BCUT2D eigenvalue weighted by Gasteiger charge is 2.15. The molecule has 0 aliphatic carbocycles. The Morgan fingerprint density at radius 2 is 2.04 bits per heavy atom. The van der Waals surface area contributed by atoms with Gasteiger partial charge in [0.1, 0.15) is 17.8 Å². The molecule has 0 atom stereocenters. The van der Waals surface area contributed by atoms with Gasteiger partial charge >= 0.3 is 5.97 Å². The van der Waals surface area contributed by atoms with E-state index in [1.807, 2.05) is 0 Å². The van der Waals surface area contributed by atoms with Crippen molar-refractivity contribution in [3.8, 4) is 0 Å². The third-order valence-corrected chi connectivity index (χ3v) is 4.06. The summed E-state index contributed by atoms with van der Waals surface area (Å²) in [5.41, 5.74) is 1.11. The topological polar surface area (TPSA) is 84.4 Å². The second kappa shape index (κ2) is 9.15. The van der Waals surface area contributed by atoms with E-state index in [0.29, 0.717) is 28.6 Å². The fourth-order valence-corrected chi connectivity index (χ4v) is 2.40. The van der Waals surface area contributed by atoms with Crippen LogP contribution in [0.3, 0.4) is 0 Å². The number of amides is 1. The van der Waals surface area contributed by atoms with Gasteiger partial charge in [-0.25, -0.2) is 14.8 Å². The van der Waals surface area contributed by atoms with Crippen molar-refractivity contribution in [2.45, 2.75) is 19.8 Å². The number of halogens is 1. The van der Waals surface area contributed by atoms with E-state index in [4.69, 9.17) is 16.3 Å². The van der Waals surface area contributed by atoms with Gasteiger partial charge in [-0.05, 0) is 24.6 Å². The Kier molecular flexibility index (Phi) is 6.91. The minimum absolute atomic E-state index is 0.182. The molecule has 0 saturated heterocycles. The molecule has 1 aromatic heterocycles. The van der Waals surface area contributed by atoms with Gasteiger partial charge in [-0.1, -0.05) is 24.9 Å². The van der Waals surface area contributed by atoms with Crippen LogP contribution in [0.15, 0.2) is 30.6 Å². The van der Waals surface area contributed by atoms with Gasteiger partial charge in [0.05, 0.1) is 23.4 Å². The minimum Gasteiger partial charge on any atom is -0.465 e. The zero-order valence-electron chi connectivity index (χ0n) is 15.0. The average Bonchev–Trinajstić information content (AvgIpc) is 2.66. The van der Waals surface area contributed by atoms with Crippen molar-refractivity contribution in [3.63, 3.8) is 0 Å². The van der Waals surface area contributed by atoms with Gasteiger partial charge in [-0.2, -0.15) is 0 Å². The van der Waals surface area contributed by atoms with Gasteiger partial charge in [-0.3, -0.25) is 4.79 Å². The molecule has 0 aliphatic rings. The Labute approximate surface area is 157 Å². The zero-order valence-corrected chi connectivity index (χ0v) is 15.7. The molecule has 0 spiro atoms. The number of rotatable bonds is 7. The Morgan fingerprint density at radius 3 is 2.73 bits per heavy atom. The van der Waals surface area contributed by atoms with Crippen LogP contribution < -0.4 is 5.32 Å². The fourth-order valence-electron chi connectivity index (χ4n) is 2.24. The van der Waals surface area contributed by atoms with Gasteiger partial charge in [0.15, 0.2) is 0 Å². The Bertz CT molecular complexity index is 798. The van der Waals surface area contributed by atoms with Crippen molar-refractivity contribution < 1.29 is 14.3 Å². The SMILES string of the molecule is CCCCN(C)C(=O)c1cc(Nc2cc(C(=O)OC)ccc2Cl)ncn1. The van der Waals surface area contributed by atoms with Crippen LogP contribution in [0.4, 0.5) is 11.5 Å². The summed E-state index contributed by atoms with van der Waals surface area (Å²) in [6.07, 6.45) is 3.24. The van der Waals surface area contributed by atoms with E-state index in [9.17, 15) is 9.59 Å². The number of hydrogen-bond donors (Lipinski definition) is 1. The summed E-state index contributed by atoms with van der Waals surface area (Å²) < 4.78 is 4.70. The maximum atomic E-state index is 12.4. The van der Waals surface area contributed by atoms with E-state index < -0.39 is 5.97 Å². The molecule has 7 nitrogen and oxygen atoms in total. The monoisotopic (exact) mass is 376 g/mol. The van der Waals surface area contributed by atoms with Crippen LogP contribution in [0.5, 0.6) is 0 Å². The number of carbonyl (C=O) groups excluding carboxylic acids is 2. The van der Waals surface area contributed by atoms with E-state index in [1.54, 1.807) is 36.2 Å². The first-order chi connectivity index (χ1) is 12.5. The number of hydrogen-bond acceptors (Lipinski definition) is 6. The van der Waals surface area contributed by atoms with E-state index >= 15 is 0 Å². The average molecular weight is 377 g/mol. The van der Waals surface area contributed by atoms with Crippen LogP contribution in [0, 0.1) is 0 Å². The molecule has 1 N–H and O–H groups in total. The molecule has 8 heteroatoms. The van der Waals surface area contributed by atoms with Crippen molar-refractivity contribution >= 4 is 35.0 Å². The summed E-state index contributed by atoms with van der Waals surface area (Å²) >= 11 is 6.17. The molecule has 0 unspecified atom stereocenters. The standard InChI is InChI=1S/C18H21ClN4O3/c1-4-5-8-23(2)17(24)15-10-16(21-11-20-15)22-14-9-12(18(25)26-3)6-7-13(14)19/h6-7,9-11H,4-5,8H2,1-3H3,(H,20,21,22). The molecular weight excluding hydrogens is 356 g/mol. The summed E-state index contributed by atoms with van der Waals surface area (Å²) in [5, 5.41) is 3.41. The normalized spacial score (nSPS) is 10.3. The van der Waals surface area contributed by atoms with Crippen LogP contribution >= 0.6 is 11.6 Å².